The summed E-state index contributed by atoms with van der Waals surface area (Å²) in [5.41, 5.74) is 3.51. The van der Waals surface area contributed by atoms with Crippen LogP contribution in [0.1, 0.15) is 42.0 Å². The number of benzene rings is 1. The third-order valence-corrected chi connectivity index (χ3v) is 7.54. The number of carbonyl (C=O) groups excluding carboxylic acids is 2. The van der Waals surface area contributed by atoms with Crippen LogP contribution in [0.2, 0.25) is 0 Å². The summed E-state index contributed by atoms with van der Waals surface area (Å²) >= 11 is 0. The number of aromatic nitrogens is 2. The monoisotopic (exact) mass is 626 g/mol. The van der Waals surface area contributed by atoms with Gasteiger partial charge in [0.1, 0.15) is 6.54 Å². The lowest BCUT2D eigenvalue weighted by Gasteiger charge is -2.34. The number of allylic oxidation sites excluding steroid dienone is 1. The number of nitrogens with zero attached hydrogens (tertiary/aromatic N) is 6. The van der Waals surface area contributed by atoms with E-state index in [1.165, 1.54) is 34.6 Å². The number of rotatable bonds is 7. The number of hydrogen-bond donors (Lipinski definition) is 2. The minimum atomic E-state index is -5.02. The molecule has 3 heterocycles. The van der Waals surface area contributed by atoms with Gasteiger partial charge < -0.3 is 25.8 Å². The number of nitrogens with two attached hydrogens (primary N) is 1. The van der Waals surface area contributed by atoms with E-state index in [2.05, 4.69) is 20.3 Å². The lowest BCUT2D eigenvalue weighted by atomic mass is 10.0. The topological polar surface area (TPSA) is 120 Å². The van der Waals surface area contributed by atoms with E-state index in [1.54, 1.807) is 11.9 Å². The Labute approximate surface area is 249 Å². The molecular weight excluding hydrogens is 594 g/mol. The summed E-state index contributed by atoms with van der Waals surface area (Å²) in [6.07, 6.45) is -3.56. The van der Waals surface area contributed by atoms with Crippen LogP contribution < -0.4 is 16.0 Å². The molecule has 0 radical (unpaired) electrons. The van der Waals surface area contributed by atoms with Crippen LogP contribution in [0.4, 0.5) is 37.1 Å². The van der Waals surface area contributed by atoms with Gasteiger partial charge in [0.25, 0.3) is 0 Å². The van der Waals surface area contributed by atoms with Crippen LogP contribution in [-0.4, -0.2) is 83.2 Å². The molecule has 2 atom stereocenters. The molecule has 1 aromatic heterocycles. The second-order valence-electron chi connectivity index (χ2n) is 10.5. The number of nitrogens with one attached hydrogen (secondary N) is 1. The van der Waals surface area contributed by atoms with Gasteiger partial charge in [-0.05, 0) is 36.6 Å². The van der Waals surface area contributed by atoms with Crippen LogP contribution in [0.3, 0.4) is 0 Å². The molecule has 1 aromatic carbocycles. The first-order valence-electron chi connectivity index (χ1n) is 13.8. The molecule has 3 N–H and O–H groups in total. The van der Waals surface area contributed by atoms with E-state index in [0.29, 0.717) is 49.2 Å². The molecule has 2 aliphatic heterocycles. The average molecular weight is 627 g/mol. The Morgan fingerprint density at radius 2 is 1.77 bits per heavy atom. The third kappa shape index (κ3) is 7.39. The zero-order valence-corrected chi connectivity index (χ0v) is 24.0. The van der Waals surface area contributed by atoms with E-state index >= 15 is 0 Å². The molecule has 16 heteroatoms. The van der Waals surface area contributed by atoms with Gasteiger partial charge in [-0.25, -0.2) is 14.8 Å². The second-order valence-corrected chi connectivity index (χ2v) is 10.5. The molecule has 10 nitrogen and oxygen atoms in total. The van der Waals surface area contributed by atoms with E-state index in [-0.39, 0.29) is 48.6 Å². The highest BCUT2D eigenvalue weighted by Gasteiger charge is 2.41. The van der Waals surface area contributed by atoms with Gasteiger partial charge in [-0.2, -0.15) is 26.3 Å². The lowest BCUT2D eigenvalue weighted by molar-refractivity contribution is -0.143. The van der Waals surface area contributed by atoms with E-state index in [4.69, 9.17) is 5.73 Å². The molecule has 0 saturated carbocycles. The number of halogens is 6. The van der Waals surface area contributed by atoms with Crippen molar-refractivity contribution in [3.05, 3.63) is 59.0 Å². The first-order chi connectivity index (χ1) is 20.7. The zero-order valence-electron chi connectivity index (χ0n) is 24.0. The highest BCUT2D eigenvalue weighted by atomic mass is 19.4. The second kappa shape index (κ2) is 13.1. The normalized spacial score (nSPS) is 19.9. The van der Waals surface area contributed by atoms with Crippen LogP contribution >= 0.6 is 0 Å². The highest BCUT2D eigenvalue weighted by Crippen LogP contribution is 2.37. The minimum absolute atomic E-state index is 0.0380. The summed E-state index contributed by atoms with van der Waals surface area (Å²) < 4.78 is 81.9. The molecule has 0 unspecified atom stereocenters. The molecule has 238 valence electrons. The predicted octanol–water partition coefficient (Wildman–Crippen LogP) is 3.93. The fourth-order valence-electron chi connectivity index (χ4n) is 5.36. The van der Waals surface area contributed by atoms with Crippen LogP contribution in [0.15, 0.2) is 41.8 Å². The Morgan fingerprint density at radius 1 is 1.14 bits per heavy atom. The molecule has 44 heavy (non-hydrogen) atoms. The van der Waals surface area contributed by atoms with Crippen molar-refractivity contribution < 1.29 is 35.9 Å². The van der Waals surface area contributed by atoms with E-state index in [9.17, 15) is 35.9 Å². The Kier molecular flexibility index (Phi) is 9.69. The maximum absolute atomic E-state index is 13.6. The molecule has 2 aliphatic rings. The van der Waals surface area contributed by atoms with E-state index in [0.717, 1.165) is 0 Å². The van der Waals surface area contributed by atoms with Crippen molar-refractivity contribution in [2.75, 3.05) is 38.1 Å². The number of urea groups is 1. The molecule has 2 aromatic rings. The number of aliphatic imine (C=N–C) groups is 1. The fourth-order valence-corrected chi connectivity index (χ4v) is 5.36. The number of carbonyl (C=O) groups is 2. The summed E-state index contributed by atoms with van der Waals surface area (Å²) in [6.45, 7) is 2.03. The number of hydrogen-bond acceptors (Lipinski definition) is 7. The van der Waals surface area contributed by atoms with Gasteiger partial charge >= 0.3 is 18.4 Å². The number of likely N-dealkylation sites (tertiary alicyclic amines) is 1. The minimum Gasteiger partial charge on any atom is -0.404 e. The molecule has 3 amide bonds. The van der Waals surface area contributed by atoms with Gasteiger partial charge in [0.05, 0.1) is 17.2 Å². The number of anilines is 1. The zero-order chi connectivity index (χ0) is 32.2. The van der Waals surface area contributed by atoms with Crippen molar-refractivity contribution in [1.29, 1.82) is 0 Å². The van der Waals surface area contributed by atoms with Gasteiger partial charge in [0.15, 0.2) is 0 Å². The largest absolute Gasteiger partial charge is 0.416 e. The Balaban J connectivity index is 1.73. The standard InChI is InChI=1S/C28H32F6N8O2/c1-3-22-9-23(15-42(22)26(44)40-5-4-37-24(43)16-40)41(25-38-12-19(13-39-25)18(10-35)11-36-2)14-17-6-20(27(29,30)31)8-21(7-17)28(32,33)34/h6-8,10-13,22-23H,3-5,9,14-16,35H2,1-2H3,(H,37,43)/t22-,23+/m1/s1. The van der Waals surface area contributed by atoms with Gasteiger partial charge in [0, 0.05) is 75.2 Å². The first-order valence-corrected chi connectivity index (χ1v) is 13.8. The van der Waals surface area contributed by atoms with Gasteiger partial charge in [-0.3, -0.25) is 9.79 Å². The van der Waals surface area contributed by atoms with Crippen molar-refractivity contribution in [2.24, 2.45) is 10.7 Å². The molecule has 0 aliphatic carbocycles. The predicted molar refractivity (Wildman–Crippen MR) is 150 cm³/mol. The van der Waals surface area contributed by atoms with E-state index in [1.807, 2.05) is 6.92 Å². The van der Waals surface area contributed by atoms with Crippen LogP contribution in [0.25, 0.3) is 5.57 Å². The molecule has 0 bridgehead atoms. The Hall–Kier alpha value is -4.37. The average Bonchev–Trinajstić information content (AvgIpc) is 3.41. The van der Waals surface area contributed by atoms with Crippen LogP contribution in [-0.2, 0) is 23.7 Å². The smallest absolute Gasteiger partial charge is 0.404 e. The van der Waals surface area contributed by atoms with Gasteiger partial charge in [-0.1, -0.05) is 6.92 Å². The maximum Gasteiger partial charge on any atom is 0.416 e. The number of piperazine rings is 1. The molecule has 2 saturated heterocycles. The Morgan fingerprint density at radius 3 is 2.30 bits per heavy atom. The number of alkyl halides is 6. The van der Waals surface area contributed by atoms with Gasteiger partial charge in [0.2, 0.25) is 11.9 Å². The molecule has 2 fully saturated rings. The molecular formula is C28H32F6N8O2. The van der Waals surface area contributed by atoms with Crippen LogP contribution in [0.5, 0.6) is 0 Å². The van der Waals surface area contributed by atoms with Crippen molar-refractivity contribution in [3.63, 3.8) is 0 Å². The van der Waals surface area contributed by atoms with Crippen molar-refractivity contribution in [1.82, 2.24) is 25.1 Å². The summed E-state index contributed by atoms with van der Waals surface area (Å²) in [5, 5.41) is 2.66. The molecule has 0 spiro atoms. The first kappa shape index (κ1) is 32.5. The third-order valence-electron chi connectivity index (χ3n) is 7.54. The molecule has 4 rings (SSSR count). The van der Waals surface area contributed by atoms with E-state index < -0.39 is 36.1 Å². The SMILES string of the molecule is CC[C@@H]1C[C@H](N(Cc2cc(C(F)(F)F)cc(C(F)(F)F)c2)c2ncc(C(C=NC)=CN)cn2)CN1C(=O)N1CCNC(=O)C1. The number of amides is 3. The summed E-state index contributed by atoms with van der Waals surface area (Å²) in [6, 6.07) is 0.168. The summed E-state index contributed by atoms with van der Waals surface area (Å²) in [7, 11) is 1.54. The summed E-state index contributed by atoms with van der Waals surface area (Å²) in [4.78, 5) is 42.5. The summed E-state index contributed by atoms with van der Waals surface area (Å²) in [5.74, 6) is -0.261. The van der Waals surface area contributed by atoms with Gasteiger partial charge in [-0.15, -0.1) is 0 Å². The lowest BCUT2D eigenvalue weighted by Crippen LogP contribution is -2.55. The van der Waals surface area contributed by atoms with Crippen molar-refractivity contribution >= 4 is 29.7 Å². The Bertz CT molecular complexity index is 1380. The quantitative estimate of drug-likeness (QED) is 0.355. The highest BCUT2D eigenvalue weighted by molar-refractivity contribution is 6.09. The maximum atomic E-state index is 13.6. The van der Waals surface area contributed by atoms with Crippen molar-refractivity contribution in [3.8, 4) is 0 Å². The van der Waals surface area contributed by atoms with Crippen LogP contribution in [0, 0.1) is 0 Å². The fraction of sp³-hybridized carbons (Fsp3) is 0.464. The van der Waals surface area contributed by atoms with Crippen molar-refractivity contribution in [2.45, 2.75) is 50.7 Å².